The Morgan fingerprint density at radius 3 is 2.27 bits per heavy atom. The van der Waals surface area contributed by atoms with E-state index in [1.54, 1.807) is 0 Å². The van der Waals surface area contributed by atoms with Gasteiger partial charge in [-0.1, -0.05) is 32.0 Å². The molecule has 15 heavy (non-hydrogen) atoms. The van der Waals surface area contributed by atoms with Crippen molar-refractivity contribution in [3.63, 3.8) is 0 Å². The number of hydrogen-bond acceptors (Lipinski definition) is 1. The first-order chi connectivity index (χ1) is 7.04. The van der Waals surface area contributed by atoms with E-state index in [2.05, 4.69) is 51.2 Å². The Labute approximate surface area is 93.9 Å². The van der Waals surface area contributed by atoms with Gasteiger partial charge in [0, 0.05) is 6.04 Å². The summed E-state index contributed by atoms with van der Waals surface area (Å²) in [6.07, 6.45) is 1.19. The first-order valence-corrected chi connectivity index (χ1v) is 5.79. The molecule has 84 valence electrons. The van der Waals surface area contributed by atoms with E-state index in [-0.39, 0.29) is 0 Å². The smallest absolute Gasteiger partial charge is 0.0320 e. The lowest BCUT2D eigenvalue weighted by Gasteiger charge is -2.19. The molecule has 1 aromatic rings. The van der Waals surface area contributed by atoms with E-state index in [4.69, 9.17) is 0 Å². The molecule has 0 aliphatic rings. The predicted molar refractivity (Wildman–Crippen MR) is 67.2 cm³/mol. The van der Waals surface area contributed by atoms with Crippen LogP contribution in [0.25, 0.3) is 0 Å². The number of benzene rings is 1. The Morgan fingerprint density at radius 1 is 1.13 bits per heavy atom. The van der Waals surface area contributed by atoms with Crippen molar-refractivity contribution in [2.45, 2.75) is 40.2 Å². The Hall–Kier alpha value is -0.820. The fourth-order valence-corrected chi connectivity index (χ4v) is 1.87. The third-order valence-electron chi connectivity index (χ3n) is 2.99. The molecule has 0 radical (unpaired) electrons. The summed E-state index contributed by atoms with van der Waals surface area (Å²) in [4.78, 5) is 0. The lowest BCUT2D eigenvalue weighted by molar-refractivity contribution is 0.456. The van der Waals surface area contributed by atoms with E-state index >= 15 is 0 Å². The molecule has 0 amide bonds. The number of hydrogen-bond donors (Lipinski definition) is 1. The van der Waals surface area contributed by atoms with Crippen LogP contribution in [0.5, 0.6) is 0 Å². The van der Waals surface area contributed by atoms with Crippen molar-refractivity contribution in [3.05, 3.63) is 34.9 Å². The summed E-state index contributed by atoms with van der Waals surface area (Å²) in [5.74, 6) is 0.726. The van der Waals surface area contributed by atoms with Crippen molar-refractivity contribution in [2.75, 3.05) is 7.05 Å². The summed E-state index contributed by atoms with van der Waals surface area (Å²) >= 11 is 0. The molecule has 1 N–H and O–H groups in total. The Kier molecular flexibility index (Phi) is 4.34. The van der Waals surface area contributed by atoms with Crippen LogP contribution >= 0.6 is 0 Å². The number of nitrogens with one attached hydrogen (secondary N) is 1. The van der Waals surface area contributed by atoms with Crippen LogP contribution in [-0.4, -0.2) is 7.05 Å². The predicted octanol–water partition coefficient (Wildman–Crippen LogP) is 3.61. The highest BCUT2D eigenvalue weighted by atomic mass is 14.9. The monoisotopic (exact) mass is 205 g/mol. The lowest BCUT2D eigenvalue weighted by Crippen LogP contribution is -2.18. The minimum absolute atomic E-state index is 0.490. The van der Waals surface area contributed by atoms with Gasteiger partial charge in [-0.05, 0) is 49.9 Å². The van der Waals surface area contributed by atoms with Gasteiger partial charge in [-0.2, -0.15) is 0 Å². The third-order valence-corrected chi connectivity index (χ3v) is 2.99. The maximum Gasteiger partial charge on any atom is 0.0320 e. The molecule has 1 rings (SSSR count). The van der Waals surface area contributed by atoms with Crippen LogP contribution in [0.15, 0.2) is 18.2 Å². The summed E-state index contributed by atoms with van der Waals surface area (Å²) in [5, 5.41) is 3.40. The van der Waals surface area contributed by atoms with Crippen LogP contribution < -0.4 is 5.32 Å². The van der Waals surface area contributed by atoms with Crippen LogP contribution in [0.2, 0.25) is 0 Å². The second-order valence-corrected chi connectivity index (χ2v) is 4.81. The average molecular weight is 205 g/mol. The molecule has 1 nitrogen and oxygen atoms in total. The molecular weight excluding hydrogens is 182 g/mol. The molecule has 0 saturated heterocycles. The zero-order valence-corrected chi connectivity index (χ0v) is 10.6. The van der Waals surface area contributed by atoms with Gasteiger partial charge in [-0.25, -0.2) is 0 Å². The summed E-state index contributed by atoms with van der Waals surface area (Å²) < 4.78 is 0. The zero-order valence-electron chi connectivity index (χ0n) is 10.6. The largest absolute Gasteiger partial charge is 0.313 e. The van der Waals surface area contributed by atoms with E-state index < -0.39 is 0 Å². The van der Waals surface area contributed by atoms with E-state index in [9.17, 15) is 0 Å². The lowest BCUT2D eigenvalue weighted by atomic mass is 9.95. The van der Waals surface area contributed by atoms with Crippen LogP contribution in [0, 0.1) is 19.8 Å². The molecule has 0 spiro atoms. The van der Waals surface area contributed by atoms with Gasteiger partial charge >= 0.3 is 0 Å². The Bertz CT molecular complexity index is 315. The molecule has 1 unspecified atom stereocenters. The van der Waals surface area contributed by atoms with Crippen molar-refractivity contribution in [1.29, 1.82) is 0 Å². The van der Waals surface area contributed by atoms with Gasteiger partial charge in [-0.15, -0.1) is 0 Å². The molecule has 0 fully saturated rings. The van der Waals surface area contributed by atoms with Gasteiger partial charge in [0.2, 0.25) is 0 Å². The molecule has 0 saturated carbocycles. The summed E-state index contributed by atoms with van der Waals surface area (Å²) in [6, 6.07) is 7.25. The zero-order chi connectivity index (χ0) is 11.4. The fraction of sp³-hybridized carbons (Fsp3) is 0.571. The van der Waals surface area contributed by atoms with Crippen molar-refractivity contribution in [2.24, 2.45) is 5.92 Å². The molecule has 0 aliphatic carbocycles. The first kappa shape index (κ1) is 12.3. The number of rotatable bonds is 4. The number of aryl methyl sites for hydroxylation is 2. The van der Waals surface area contributed by atoms with Gasteiger partial charge in [0.25, 0.3) is 0 Å². The van der Waals surface area contributed by atoms with Crippen molar-refractivity contribution < 1.29 is 0 Å². The molecule has 0 heterocycles. The SMILES string of the molecule is CNC(CC(C)C)c1ccc(C)c(C)c1. The molecule has 0 aromatic heterocycles. The van der Waals surface area contributed by atoms with Gasteiger partial charge in [0.05, 0.1) is 0 Å². The van der Waals surface area contributed by atoms with Crippen LogP contribution in [0.4, 0.5) is 0 Å². The summed E-state index contributed by atoms with van der Waals surface area (Å²) in [6.45, 7) is 8.88. The summed E-state index contributed by atoms with van der Waals surface area (Å²) in [7, 11) is 2.04. The van der Waals surface area contributed by atoms with E-state index in [0.29, 0.717) is 6.04 Å². The standard InChI is InChI=1S/C14H23N/c1-10(2)8-14(15-5)13-7-6-11(3)12(4)9-13/h6-7,9-10,14-15H,8H2,1-5H3. The highest BCUT2D eigenvalue weighted by Gasteiger charge is 2.11. The van der Waals surface area contributed by atoms with E-state index in [0.717, 1.165) is 5.92 Å². The molecule has 0 aliphatic heterocycles. The minimum atomic E-state index is 0.490. The normalized spacial score (nSPS) is 13.2. The Balaban J connectivity index is 2.87. The molecule has 1 heteroatoms. The maximum absolute atomic E-state index is 3.40. The van der Waals surface area contributed by atoms with Gasteiger partial charge in [0.1, 0.15) is 0 Å². The molecule has 0 bridgehead atoms. The van der Waals surface area contributed by atoms with Gasteiger partial charge in [-0.3, -0.25) is 0 Å². The van der Waals surface area contributed by atoms with Crippen molar-refractivity contribution in [1.82, 2.24) is 5.32 Å². The summed E-state index contributed by atoms with van der Waals surface area (Å²) in [5.41, 5.74) is 4.17. The molecular formula is C14H23N. The van der Waals surface area contributed by atoms with Gasteiger partial charge in [0.15, 0.2) is 0 Å². The second-order valence-electron chi connectivity index (χ2n) is 4.81. The Morgan fingerprint density at radius 2 is 1.80 bits per heavy atom. The second kappa shape index (κ2) is 5.32. The van der Waals surface area contributed by atoms with Gasteiger partial charge < -0.3 is 5.32 Å². The fourth-order valence-electron chi connectivity index (χ4n) is 1.87. The third kappa shape index (κ3) is 3.35. The molecule has 1 atom stereocenters. The minimum Gasteiger partial charge on any atom is -0.313 e. The van der Waals surface area contributed by atoms with E-state index in [1.165, 1.54) is 23.1 Å². The van der Waals surface area contributed by atoms with Crippen LogP contribution in [0.3, 0.4) is 0 Å². The van der Waals surface area contributed by atoms with Crippen LogP contribution in [0.1, 0.15) is 43.0 Å². The highest BCUT2D eigenvalue weighted by Crippen LogP contribution is 2.22. The van der Waals surface area contributed by atoms with Crippen LogP contribution in [-0.2, 0) is 0 Å². The average Bonchev–Trinajstić information content (AvgIpc) is 2.18. The quantitative estimate of drug-likeness (QED) is 0.791. The molecule has 1 aromatic carbocycles. The highest BCUT2D eigenvalue weighted by molar-refractivity contribution is 5.31. The van der Waals surface area contributed by atoms with E-state index in [1.807, 2.05) is 7.05 Å². The van der Waals surface area contributed by atoms with Crippen molar-refractivity contribution in [3.8, 4) is 0 Å². The van der Waals surface area contributed by atoms with Crippen molar-refractivity contribution >= 4 is 0 Å². The first-order valence-electron chi connectivity index (χ1n) is 5.79. The maximum atomic E-state index is 3.40. The topological polar surface area (TPSA) is 12.0 Å².